The predicted octanol–water partition coefficient (Wildman–Crippen LogP) is -0.190. The van der Waals surface area contributed by atoms with Gasteiger partial charge in [0.05, 0.1) is 6.20 Å². The number of nitrogens with one attached hydrogen (secondary N) is 2. The summed E-state index contributed by atoms with van der Waals surface area (Å²) in [5.74, 6) is -0.567. The van der Waals surface area contributed by atoms with Gasteiger partial charge in [-0.15, -0.1) is 0 Å². The fourth-order valence-electron chi connectivity index (χ4n) is 0.907. The molecule has 0 spiro atoms. The van der Waals surface area contributed by atoms with E-state index >= 15 is 0 Å². The zero-order chi connectivity index (χ0) is 11.3. The molecular formula is C8H13N5OS. The molecule has 0 saturated carbocycles. The summed E-state index contributed by atoms with van der Waals surface area (Å²) >= 11 is 4.99. The molecule has 1 rings (SSSR count). The summed E-state index contributed by atoms with van der Waals surface area (Å²) in [6, 6.07) is 0. The smallest absolute Gasteiger partial charge is 0.268 e. The van der Waals surface area contributed by atoms with Crippen LogP contribution >= 0.6 is 12.2 Å². The van der Waals surface area contributed by atoms with Crippen molar-refractivity contribution in [3.8, 4) is 0 Å². The molecule has 0 aromatic carbocycles. The van der Waals surface area contributed by atoms with Crippen molar-refractivity contribution < 1.29 is 4.79 Å². The quantitative estimate of drug-likeness (QED) is 0.621. The van der Waals surface area contributed by atoms with E-state index in [2.05, 4.69) is 15.7 Å². The molecule has 82 valence electrons. The van der Waals surface area contributed by atoms with Gasteiger partial charge in [0.15, 0.2) is 5.11 Å². The third kappa shape index (κ3) is 3.55. The highest BCUT2D eigenvalue weighted by molar-refractivity contribution is 7.80. The maximum absolute atomic E-state index is 10.7. The average molecular weight is 227 g/mol. The van der Waals surface area contributed by atoms with Crippen molar-refractivity contribution in [1.82, 2.24) is 15.0 Å². The Kier molecular flexibility index (Phi) is 4.04. The molecule has 1 aromatic heterocycles. The van der Waals surface area contributed by atoms with Crippen LogP contribution in [0.1, 0.15) is 23.8 Å². The van der Waals surface area contributed by atoms with E-state index < -0.39 is 5.91 Å². The van der Waals surface area contributed by atoms with Gasteiger partial charge in [0.25, 0.3) is 5.91 Å². The van der Waals surface area contributed by atoms with E-state index in [-0.39, 0.29) is 5.69 Å². The Balaban J connectivity index is 2.50. The molecule has 0 unspecified atom stereocenters. The number of carbonyl (C=O) groups is 1. The number of imidazole rings is 1. The summed E-state index contributed by atoms with van der Waals surface area (Å²) in [4.78, 5) is 14.5. The summed E-state index contributed by atoms with van der Waals surface area (Å²) in [5, 5.41) is 3.45. The number of aromatic nitrogens is 2. The van der Waals surface area contributed by atoms with Gasteiger partial charge in [0, 0.05) is 6.54 Å². The lowest BCUT2D eigenvalue weighted by molar-refractivity contribution is 0.0996. The Hall–Kier alpha value is -1.63. The minimum Gasteiger partial charge on any atom is -0.364 e. The number of hydrogen-bond donors (Lipinski definition) is 3. The molecule has 0 saturated heterocycles. The van der Waals surface area contributed by atoms with Crippen molar-refractivity contribution in [1.29, 1.82) is 0 Å². The van der Waals surface area contributed by atoms with E-state index in [4.69, 9.17) is 18.0 Å². The van der Waals surface area contributed by atoms with Crippen LogP contribution < -0.4 is 16.5 Å². The fraction of sp³-hybridized carbons (Fsp3) is 0.375. The number of amides is 1. The van der Waals surface area contributed by atoms with E-state index in [1.807, 2.05) is 6.92 Å². The molecule has 1 heterocycles. The van der Waals surface area contributed by atoms with Crippen molar-refractivity contribution in [3.05, 3.63) is 18.2 Å². The monoisotopic (exact) mass is 227 g/mol. The van der Waals surface area contributed by atoms with E-state index in [0.717, 1.165) is 13.0 Å². The molecule has 7 heteroatoms. The second-order valence-electron chi connectivity index (χ2n) is 2.90. The highest BCUT2D eigenvalue weighted by Gasteiger charge is 2.04. The summed E-state index contributed by atoms with van der Waals surface area (Å²) in [7, 11) is 0. The lowest BCUT2D eigenvalue weighted by atomic mass is 10.5. The number of thiocarbonyl (C=S) groups is 1. The molecular weight excluding hydrogens is 214 g/mol. The lowest BCUT2D eigenvalue weighted by Gasteiger charge is -2.09. The van der Waals surface area contributed by atoms with E-state index in [9.17, 15) is 4.79 Å². The van der Waals surface area contributed by atoms with Crippen molar-refractivity contribution in [2.24, 2.45) is 5.73 Å². The lowest BCUT2D eigenvalue weighted by Crippen LogP contribution is -2.33. The first-order valence-corrected chi connectivity index (χ1v) is 4.93. The zero-order valence-corrected chi connectivity index (χ0v) is 9.17. The van der Waals surface area contributed by atoms with Crippen LogP contribution in [0.25, 0.3) is 0 Å². The van der Waals surface area contributed by atoms with E-state index in [0.29, 0.717) is 5.11 Å². The standard InChI is InChI=1S/C8H13N5OS/c1-2-3-10-8(15)12-13-4-6(7(9)14)11-5-13/h4-5H,2-3H2,1H3,(H2,9,14)(H2,10,12,15). The van der Waals surface area contributed by atoms with Crippen LogP contribution in [0, 0.1) is 0 Å². The molecule has 0 bridgehead atoms. The maximum Gasteiger partial charge on any atom is 0.268 e. The second kappa shape index (κ2) is 5.30. The van der Waals surface area contributed by atoms with Gasteiger partial charge in [-0.05, 0) is 18.6 Å². The molecule has 1 aromatic rings. The van der Waals surface area contributed by atoms with Crippen LogP contribution in [0.5, 0.6) is 0 Å². The van der Waals surface area contributed by atoms with Gasteiger partial charge in [0.1, 0.15) is 12.0 Å². The molecule has 1 amide bonds. The third-order valence-corrected chi connectivity index (χ3v) is 1.84. The van der Waals surface area contributed by atoms with Crippen molar-refractivity contribution in [2.75, 3.05) is 12.0 Å². The van der Waals surface area contributed by atoms with Crippen LogP contribution in [0.15, 0.2) is 12.5 Å². The number of hydrogen-bond acceptors (Lipinski definition) is 3. The average Bonchev–Trinajstić information content (AvgIpc) is 2.63. The predicted molar refractivity (Wildman–Crippen MR) is 61.0 cm³/mol. The van der Waals surface area contributed by atoms with Crippen molar-refractivity contribution in [2.45, 2.75) is 13.3 Å². The first-order valence-electron chi connectivity index (χ1n) is 4.52. The molecule has 0 atom stereocenters. The molecule has 0 aliphatic carbocycles. The number of rotatable bonds is 4. The van der Waals surface area contributed by atoms with Gasteiger partial charge >= 0.3 is 0 Å². The van der Waals surface area contributed by atoms with Crippen LogP contribution in [0.2, 0.25) is 0 Å². The number of primary amides is 1. The van der Waals surface area contributed by atoms with E-state index in [1.165, 1.54) is 17.2 Å². The number of carbonyl (C=O) groups excluding carboxylic acids is 1. The van der Waals surface area contributed by atoms with Gasteiger partial charge < -0.3 is 11.1 Å². The molecule has 0 aliphatic heterocycles. The zero-order valence-electron chi connectivity index (χ0n) is 8.36. The van der Waals surface area contributed by atoms with Gasteiger partial charge in [-0.2, -0.15) is 0 Å². The Morgan fingerprint density at radius 2 is 2.47 bits per heavy atom. The van der Waals surface area contributed by atoms with Crippen molar-refractivity contribution >= 4 is 23.2 Å². The number of nitrogens with zero attached hydrogens (tertiary/aromatic N) is 2. The summed E-state index contributed by atoms with van der Waals surface area (Å²) in [5.41, 5.74) is 8.06. The van der Waals surface area contributed by atoms with Crippen LogP contribution in [-0.4, -0.2) is 27.2 Å². The normalized spacial score (nSPS) is 9.67. The van der Waals surface area contributed by atoms with Gasteiger partial charge in [-0.3, -0.25) is 10.2 Å². The SMILES string of the molecule is CCCNC(=S)Nn1cnc(C(N)=O)c1. The van der Waals surface area contributed by atoms with Crippen LogP contribution in [-0.2, 0) is 0 Å². The Morgan fingerprint density at radius 3 is 3.00 bits per heavy atom. The Bertz CT molecular complexity index is 362. The molecule has 15 heavy (non-hydrogen) atoms. The van der Waals surface area contributed by atoms with E-state index in [1.54, 1.807) is 0 Å². The maximum atomic E-state index is 10.7. The highest BCUT2D eigenvalue weighted by Crippen LogP contribution is 1.91. The second-order valence-corrected chi connectivity index (χ2v) is 3.31. The minimum atomic E-state index is -0.567. The van der Waals surface area contributed by atoms with Gasteiger partial charge in [0.2, 0.25) is 0 Å². The largest absolute Gasteiger partial charge is 0.364 e. The molecule has 4 N–H and O–H groups in total. The summed E-state index contributed by atoms with van der Waals surface area (Å²) in [6.45, 7) is 2.83. The topological polar surface area (TPSA) is 85.0 Å². The van der Waals surface area contributed by atoms with Gasteiger partial charge in [-0.25, -0.2) is 9.66 Å². The highest BCUT2D eigenvalue weighted by atomic mass is 32.1. The van der Waals surface area contributed by atoms with Crippen LogP contribution in [0.4, 0.5) is 0 Å². The first kappa shape index (κ1) is 11.4. The molecule has 6 nitrogen and oxygen atoms in total. The first-order chi connectivity index (χ1) is 7.13. The third-order valence-electron chi connectivity index (χ3n) is 1.60. The summed E-state index contributed by atoms with van der Waals surface area (Å²) in [6.07, 6.45) is 3.89. The Labute approximate surface area is 92.8 Å². The minimum absolute atomic E-state index is 0.195. The van der Waals surface area contributed by atoms with Crippen molar-refractivity contribution in [3.63, 3.8) is 0 Å². The Morgan fingerprint density at radius 1 is 1.73 bits per heavy atom. The fourth-order valence-corrected chi connectivity index (χ4v) is 1.11. The van der Waals surface area contributed by atoms with Gasteiger partial charge in [-0.1, -0.05) is 6.92 Å². The summed E-state index contributed by atoms with van der Waals surface area (Å²) < 4.78 is 1.48. The number of nitrogens with two attached hydrogens (primary N) is 1. The molecule has 0 radical (unpaired) electrons. The molecule has 0 fully saturated rings. The van der Waals surface area contributed by atoms with Crippen LogP contribution in [0.3, 0.4) is 0 Å². The molecule has 0 aliphatic rings.